The number of nitrogens with one attached hydrogen (secondary N) is 2. The molecule has 4 heterocycles. The van der Waals surface area contributed by atoms with E-state index in [-0.39, 0.29) is 29.7 Å². The molecule has 0 bridgehead atoms. The largest absolute Gasteiger partial charge is 0.497 e. The van der Waals surface area contributed by atoms with Crippen LogP contribution in [-0.4, -0.2) is 37.8 Å². The summed E-state index contributed by atoms with van der Waals surface area (Å²) in [5.41, 5.74) is 2.15. The number of nitrogens with zero attached hydrogens (tertiary/aromatic N) is 4. The summed E-state index contributed by atoms with van der Waals surface area (Å²) in [6.07, 6.45) is 3.25. The Balaban J connectivity index is 1.46. The molecule has 0 saturated heterocycles. The van der Waals surface area contributed by atoms with Gasteiger partial charge in [0.25, 0.3) is 0 Å². The Hall–Kier alpha value is -4.34. The smallest absolute Gasteiger partial charge is 0.230 e. The van der Waals surface area contributed by atoms with Gasteiger partial charge < -0.3 is 10.1 Å². The highest BCUT2D eigenvalue weighted by Gasteiger charge is 2.18. The maximum atomic E-state index is 15.1. The minimum Gasteiger partial charge on any atom is -0.497 e. The van der Waals surface area contributed by atoms with Crippen molar-refractivity contribution in [3.05, 3.63) is 72.1 Å². The molecular formula is C22H16F2N6O2. The summed E-state index contributed by atoms with van der Waals surface area (Å²) in [6.45, 7) is 0. The minimum absolute atomic E-state index is 0.0207. The zero-order valence-electron chi connectivity index (χ0n) is 16.8. The third-order valence-electron chi connectivity index (χ3n) is 5.02. The highest BCUT2D eigenvalue weighted by atomic mass is 19.1. The number of anilines is 1. The number of aromatic nitrogens is 5. The van der Waals surface area contributed by atoms with Gasteiger partial charge in [0.1, 0.15) is 17.3 Å². The van der Waals surface area contributed by atoms with Gasteiger partial charge in [-0.05, 0) is 29.8 Å². The molecule has 10 heteroatoms. The molecule has 5 rings (SSSR count). The molecule has 0 fully saturated rings. The van der Waals surface area contributed by atoms with Crippen LogP contribution < -0.4 is 10.1 Å². The van der Waals surface area contributed by atoms with Gasteiger partial charge >= 0.3 is 0 Å². The highest BCUT2D eigenvalue weighted by molar-refractivity contribution is 6.00. The van der Waals surface area contributed by atoms with Crippen LogP contribution in [0, 0.1) is 11.6 Å². The number of hydrogen-bond acceptors (Lipinski definition) is 5. The average Bonchev–Trinajstić information content (AvgIpc) is 3.38. The van der Waals surface area contributed by atoms with E-state index in [1.54, 1.807) is 30.0 Å². The van der Waals surface area contributed by atoms with Crippen LogP contribution in [-0.2, 0) is 11.2 Å². The number of pyridine rings is 2. The van der Waals surface area contributed by atoms with E-state index in [1.165, 1.54) is 36.5 Å². The predicted octanol–water partition coefficient (Wildman–Crippen LogP) is 3.74. The van der Waals surface area contributed by atoms with Gasteiger partial charge in [-0.1, -0.05) is 12.1 Å². The van der Waals surface area contributed by atoms with E-state index < -0.39 is 5.82 Å². The zero-order chi connectivity index (χ0) is 22.2. The normalized spacial score (nSPS) is 11.2. The van der Waals surface area contributed by atoms with E-state index in [1.807, 2.05) is 0 Å². The van der Waals surface area contributed by atoms with E-state index in [0.29, 0.717) is 33.4 Å². The molecule has 160 valence electrons. The summed E-state index contributed by atoms with van der Waals surface area (Å²) in [6, 6.07) is 10.4. The first-order valence-electron chi connectivity index (χ1n) is 9.62. The molecule has 32 heavy (non-hydrogen) atoms. The standard InChI is InChI=1S/C22H16F2N6O2/c1-32-14-6-7-30-18(9-14)16(11-25-30)20-17(24)10-15-21(28-29-22(15)27-20)26-19(31)8-12-2-4-13(23)5-3-12/h2-7,9-11H,8H2,1H3,(H2,26,27,28,29,31). The lowest BCUT2D eigenvalue weighted by Gasteiger charge is -2.05. The van der Waals surface area contributed by atoms with Gasteiger partial charge in [0, 0.05) is 17.8 Å². The number of aromatic amines is 1. The lowest BCUT2D eigenvalue weighted by atomic mass is 10.1. The molecular weight excluding hydrogens is 418 g/mol. The number of ether oxygens (including phenoxy) is 1. The fourth-order valence-electron chi connectivity index (χ4n) is 3.44. The van der Waals surface area contributed by atoms with E-state index in [2.05, 4.69) is 25.6 Å². The summed E-state index contributed by atoms with van der Waals surface area (Å²) in [4.78, 5) is 16.7. The second-order valence-electron chi connectivity index (χ2n) is 7.09. The number of hydrogen-bond donors (Lipinski definition) is 2. The van der Waals surface area contributed by atoms with E-state index in [4.69, 9.17) is 4.74 Å². The van der Waals surface area contributed by atoms with Crippen molar-refractivity contribution >= 4 is 28.3 Å². The minimum atomic E-state index is -0.592. The Labute approximate surface area is 179 Å². The molecule has 0 aliphatic rings. The summed E-state index contributed by atoms with van der Waals surface area (Å²) >= 11 is 0. The zero-order valence-corrected chi connectivity index (χ0v) is 16.8. The SMILES string of the molecule is COc1ccn2ncc(-c3nc4[nH]nc(NC(=O)Cc5ccc(F)cc5)c4cc3F)c2c1. The topological polar surface area (TPSA) is 97.2 Å². The number of fused-ring (bicyclic) bond motifs is 2. The molecule has 0 saturated carbocycles. The molecule has 0 aliphatic heterocycles. The molecule has 0 atom stereocenters. The molecule has 5 aromatic rings. The predicted molar refractivity (Wildman–Crippen MR) is 113 cm³/mol. The molecule has 0 unspecified atom stereocenters. The fraction of sp³-hybridized carbons (Fsp3) is 0.0909. The molecule has 8 nitrogen and oxygen atoms in total. The lowest BCUT2D eigenvalue weighted by Crippen LogP contribution is -2.14. The van der Waals surface area contributed by atoms with Gasteiger partial charge in [0.2, 0.25) is 5.91 Å². The monoisotopic (exact) mass is 434 g/mol. The summed E-state index contributed by atoms with van der Waals surface area (Å²) in [7, 11) is 1.54. The molecule has 0 spiro atoms. The van der Waals surface area contributed by atoms with Gasteiger partial charge in [0.05, 0.1) is 30.6 Å². The van der Waals surface area contributed by atoms with Crippen LogP contribution >= 0.6 is 0 Å². The van der Waals surface area contributed by atoms with Crippen molar-refractivity contribution in [1.29, 1.82) is 0 Å². The van der Waals surface area contributed by atoms with Crippen LogP contribution in [0.3, 0.4) is 0 Å². The van der Waals surface area contributed by atoms with Crippen molar-refractivity contribution < 1.29 is 18.3 Å². The highest BCUT2D eigenvalue weighted by Crippen LogP contribution is 2.31. The molecule has 0 radical (unpaired) electrons. The van der Waals surface area contributed by atoms with Gasteiger partial charge in [-0.15, -0.1) is 0 Å². The van der Waals surface area contributed by atoms with Crippen molar-refractivity contribution in [2.75, 3.05) is 12.4 Å². The Bertz CT molecular complexity index is 1460. The van der Waals surface area contributed by atoms with Crippen LogP contribution in [0.1, 0.15) is 5.56 Å². The fourth-order valence-corrected chi connectivity index (χ4v) is 3.44. The molecule has 0 aliphatic carbocycles. The second-order valence-corrected chi connectivity index (χ2v) is 7.09. The van der Waals surface area contributed by atoms with E-state index in [9.17, 15) is 9.18 Å². The first-order valence-corrected chi connectivity index (χ1v) is 9.62. The Morgan fingerprint density at radius 2 is 2.00 bits per heavy atom. The quantitative estimate of drug-likeness (QED) is 0.439. The summed E-state index contributed by atoms with van der Waals surface area (Å²) in [5.74, 6) is -0.579. The van der Waals surface area contributed by atoms with Crippen molar-refractivity contribution in [1.82, 2.24) is 24.8 Å². The second kappa shape index (κ2) is 7.73. The number of H-pyrrole nitrogens is 1. The van der Waals surface area contributed by atoms with Crippen molar-refractivity contribution in [2.45, 2.75) is 6.42 Å². The maximum Gasteiger partial charge on any atom is 0.230 e. The number of carbonyl (C=O) groups excluding carboxylic acids is 1. The van der Waals surface area contributed by atoms with Crippen LogP contribution in [0.5, 0.6) is 5.75 Å². The third kappa shape index (κ3) is 3.51. The Kier molecular flexibility index (Phi) is 4.74. The van der Waals surface area contributed by atoms with Crippen molar-refractivity contribution in [3.8, 4) is 17.0 Å². The molecule has 1 amide bonds. The van der Waals surface area contributed by atoms with E-state index >= 15 is 4.39 Å². The van der Waals surface area contributed by atoms with E-state index in [0.717, 1.165) is 0 Å². The third-order valence-corrected chi connectivity index (χ3v) is 5.02. The summed E-state index contributed by atoms with van der Waals surface area (Å²) in [5, 5.41) is 14.0. The first-order chi connectivity index (χ1) is 15.5. The van der Waals surface area contributed by atoms with Crippen LogP contribution in [0.25, 0.3) is 27.8 Å². The number of methoxy groups -OCH3 is 1. The van der Waals surface area contributed by atoms with Crippen molar-refractivity contribution in [3.63, 3.8) is 0 Å². The van der Waals surface area contributed by atoms with Gasteiger partial charge in [-0.25, -0.2) is 18.3 Å². The number of carbonyl (C=O) groups is 1. The molecule has 1 aromatic carbocycles. The number of amides is 1. The van der Waals surface area contributed by atoms with Crippen LogP contribution in [0.15, 0.2) is 54.9 Å². The Morgan fingerprint density at radius 1 is 1.19 bits per heavy atom. The molecule has 2 N–H and O–H groups in total. The first kappa shape index (κ1) is 19.6. The molecule has 4 aromatic heterocycles. The maximum absolute atomic E-state index is 15.1. The lowest BCUT2D eigenvalue weighted by molar-refractivity contribution is -0.115. The summed E-state index contributed by atoms with van der Waals surface area (Å²) < 4.78 is 34.9. The average molecular weight is 434 g/mol. The Morgan fingerprint density at radius 3 is 2.78 bits per heavy atom. The van der Waals surface area contributed by atoms with Gasteiger partial charge in [0.15, 0.2) is 17.3 Å². The van der Waals surface area contributed by atoms with Crippen LogP contribution in [0.4, 0.5) is 14.6 Å². The van der Waals surface area contributed by atoms with Crippen LogP contribution in [0.2, 0.25) is 0 Å². The number of halogens is 2. The number of benzene rings is 1. The number of rotatable bonds is 5. The van der Waals surface area contributed by atoms with Crippen molar-refractivity contribution in [2.24, 2.45) is 0 Å². The van der Waals surface area contributed by atoms with Gasteiger partial charge in [-0.2, -0.15) is 10.2 Å². The van der Waals surface area contributed by atoms with Gasteiger partial charge in [-0.3, -0.25) is 9.89 Å².